The average molecular weight is 326 g/mol. The topological polar surface area (TPSA) is 32.8 Å². The van der Waals surface area contributed by atoms with E-state index in [1.54, 1.807) is 17.0 Å². The van der Waals surface area contributed by atoms with Crippen LogP contribution in [0.4, 0.5) is 15.8 Å². The third-order valence-electron chi connectivity index (χ3n) is 4.66. The van der Waals surface area contributed by atoms with Crippen LogP contribution < -0.4 is 14.5 Å². The standard InChI is InChI=1S/C19H19FN2O2/c20-15-7-1-2-9-17(15)24-13-18(23)22-12-11-21-10-4-6-14-5-3-8-16(22)19(14)21/h1-3,5,7-9H,4,6,10-13H2. The first-order chi connectivity index (χ1) is 11.7. The normalized spacial score (nSPS) is 15.9. The number of carbonyl (C=O) groups excluding carboxylic acids is 1. The minimum absolute atomic E-state index is 0.111. The van der Waals surface area contributed by atoms with Gasteiger partial charge < -0.3 is 14.5 Å². The molecular formula is C19H19FN2O2. The van der Waals surface area contributed by atoms with Gasteiger partial charge in [0.2, 0.25) is 0 Å². The van der Waals surface area contributed by atoms with E-state index in [1.807, 2.05) is 12.1 Å². The number of rotatable bonds is 3. The van der Waals surface area contributed by atoms with E-state index >= 15 is 0 Å². The van der Waals surface area contributed by atoms with Gasteiger partial charge in [0.15, 0.2) is 18.2 Å². The summed E-state index contributed by atoms with van der Waals surface area (Å²) in [5.41, 5.74) is 3.42. The van der Waals surface area contributed by atoms with Gasteiger partial charge in [-0.3, -0.25) is 4.79 Å². The van der Waals surface area contributed by atoms with Crippen molar-refractivity contribution in [2.45, 2.75) is 12.8 Å². The van der Waals surface area contributed by atoms with Crippen LogP contribution in [0.2, 0.25) is 0 Å². The molecule has 0 radical (unpaired) electrons. The molecule has 24 heavy (non-hydrogen) atoms. The van der Waals surface area contributed by atoms with Crippen LogP contribution in [0.25, 0.3) is 0 Å². The van der Waals surface area contributed by atoms with Crippen LogP contribution in [0.1, 0.15) is 12.0 Å². The molecule has 2 aromatic carbocycles. The molecule has 4 rings (SSSR count). The molecule has 0 fully saturated rings. The lowest BCUT2D eigenvalue weighted by Gasteiger charge is -2.41. The summed E-state index contributed by atoms with van der Waals surface area (Å²) < 4.78 is 19.0. The Kier molecular flexibility index (Phi) is 3.84. The van der Waals surface area contributed by atoms with Crippen molar-refractivity contribution in [1.29, 1.82) is 0 Å². The fourth-order valence-electron chi connectivity index (χ4n) is 3.54. The summed E-state index contributed by atoms with van der Waals surface area (Å²) in [6, 6.07) is 12.3. The first kappa shape index (κ1) is 15.0. The molecule has 0 aromatic heterocycles. The van der Waals surface area contributed by atoms with Gasteiger partial charge in [0.05, 0.1) is 11.4 Å². The smallest absolute Gasteiger partial charge is 0.265 e. The summed E-state index contributed by atoms with van der Waals surface area (Å²) in [6.07, 6.45) is 2.20. The number of nitrogens with zero attached hydrogens (tertiary/aromatic N) is 2. The molecule has 2 heterocycles. The second-order valence-corrected chi connectivity index (χ2v) is 6.14. The number of ether oxygens (including phenoxy) is 1. The predicted molar refractivity (Wildman–Crippen MR) is 91.2 cm³/mol. The van der Waals surface area contributed by atoms with Crippen LogP contribution in [0.15, 0.2) is 42.5 Å². The van der Waals surface area contributed by atoms with Gasteiger partial charge in [-0.15, -0.1) is 0 Å². The lowest BCUT2D eigenvalue weighted by atomic mass is 9.98. The number of para-hydroxylation sites is 2. The van der Waals surface area contributed by atoms with Crippen molar-refractivity contribution in [2.24, 2.45) is 0 Å². The highest BCUT2D eigenvalue weighted by molar-refractivity contribution is 5.99. The highest BCUT2D eigenvalue weighted by Gasteiger charge is 2.30. The van der Waals surface area contributed by atoms with Gasteiger partial charge in [-0.05, 0) is 36.6 Å². The van der Waals surface area contributed by atoms with E-state index in [0.717, 1.165) is 31.6 Å². The number of halogens is 1. The minimum Gasteiger partial charge on any atom is -0.481 e. The van der Waals surface area contributed by atoms with Crippen LogP contribution in [-0.4, -0.2) is 32.1 Å². The molecular weight excluding hydrogens is 307 g/mol. The third kappa shape index (κ3) is 2.60. The summed E-state index contributed by atoms with van der Waals surface area (Å²) in [7, 11) is 0. The highest BCUT2D eigenvalue weighted by Crippen LogP contribution is 2.39. The molecule has 124 valence electrons. The zero-order chi connectivity index (χ0) is 16.5. The summed E-state index contributed by atoms with van der Waals surface area (Å²) in [5.74, 6) is -0.483. The molecule has 0 spiro atoms. The number of carbonyl (C=O) groups is 1. The fourth-order valence-corrected chi connectivity index (χ4v) is 3.54. The molecule has 2 aliphatic heterocycles. The van der Waals surface area contributed by atoms with Gasteiger partial charge in [0.1, 0.15) is 0 Å². The molecule has 0 unspecified atom stereocenters. The lowest BCUT2D eigenvalue weighted by molar-refractivity contribution is -0.120. The molecule has 0 saturated carbocycles. The van der Waals surface area contributed by atoms with Crippen LogP contribution >= 0.6 is 0 Å². The largest absolute Gasteiger partial charge is 0.481 e. The van der Waals surface area contributed by atoms with Crippen molar-refractivity contribution in [3.63, 3.8) is 0 Å². The van der Waals surface area contributed by atoms with E-state index in [-0.39, 0.29) is 18.3 Å². The van der Waals surface area contributed by atoms with E-state index in [0.29, 0.717) is 6.54 Å². The maximum absolute atomic E-state index is 13.6. The zero-order valence-electron chi connectivity index (χ0n) is 13.4. The first-order valence-electron chi connectivity index (χ1n) is 8.28. The molecule has 0 N–H and O–H groups in total. The van der Waals surface area contributed by atoms with Crippen LogP contribution in [-0.2, 0) is 11.2 Å². The van der Waals surface area contributed by atoms with Crippen molar-refractivity contribution in [3.8, 4) is 5.75 Å². The van der Waals surface area contributed by atoms with Crippen molar-refractivity contribution >= 4 is 17.3 Å². The number of aryl methyl sites for hydroxylation is 1. The van der Waals surface area contributed by atoms with Crippen LogP contribution in [0.3, 0.4) is 0 Å². The van der Waals surface area contributed by atoms with Gasteiger partial charge in [-0.1, -0.05) is 24.3 Å². The Bertz CT molecular complexity index is 778. The number of hydrogen-bond acceptors (Lipinski definition) is 3. The Hall–Kier alpha value is -2.56. The third-order valence-corrected chi connectivity index (χ3v) is 4.66. The van der Waals surface area contributed by atoms with Gasteiger partial charge in [-0.2, -0.15) is 0 Å². The van der Waals surface area contributed by atoms with Crippen molar-refractivity contribution in [3.05, 3.63) is 53.8 Å². The Morgan fingerprint density at radius 1 is 1.08 bits per heavy atom. The molecule has 1 amide bonds. The molecule has 2 aliphatic rings. The second-order valence-electron chi connectivity index (χ2n) is 6.14. The van der Waals surface area contributed by atoms with Gasteiger partial charge in [0.25, 0.3) is 5.91 Å². The van der Waals surface area contributed by atoms with E-state index in [2.05, 4.69) is 11.0 Å². The second kappa shape index (κ2) is 6.15. The van der Waals surface area contributed by atoms with Gasteiger partial charge in [0, 0.05) is 19.6 Å². The first-order valence-corrected chi connectivity index (χ1v) is 8.28. The number of hydrogen-bond donors (Lipinski definition) is 0. The monoisotopic (exact) mass is 326 g/mol. The highest BCUT2D eigenvalue weighted by atomic mass is 19.1. The maximum atomic E-state index is 13.6. The quantitative estimate of drug-likeness (QED) is 0.869. The van der Waals surface area contributed by atoms with Crippen LogP contribution in [0, 0.1) is 5.82 Å². The Balaban J connectivity index is 1.54. The minimum atomic E-state index is -0.452. The van der Waals surface area contributed by atoms with Crippen molar-refractivity contribution in [2.75, 3.05) is 36.0 Å². The lowest BCUT2D eigenvalue weighted by Crippen LogP contribution is -2.47. The molecule has 0 bridgehead atoms. The fraction of sp³-hybridized carbons (Fsp3) is 0.316. The SMILES string of the molecule is O=C(COc1ccccc1F)N1CCN2CCCc3cccc1c32. The van der Waals surface area contributed by atoms with Gasteiger partial charge >= 0.3 is 0 Å². The average Bonchev–Trinajstić information content (AvgIpc) is 2.62. The number of benzene rings is 2. The summed E-state index contributed by atoms with van der Waals surface area (Å²) >= 11 is 0. The van der Waals surface area contributed by atoms with E-state index < -0.39 is 5.82 Å². The molecule has 5 heteroatoms. The van der Waals surface area contributed by atoms with E-state index in [4.69, 9.17) is 4.74 Å². The number of amides is 1. The van der Waals surface area contributed by atoms with Crippen molar-refractivity contribution < 1.29 is 13.9 Å². The van der Waals surface area contributed by atoms with Crippen molar-refractivity contribution in [1.82, 2.24) is 0 Å². The molecule has 0 atom stereocenters. The Morgan fingerprint density at radius 2 is 1.96 bits per heavy atom. The molecule has 4 nitrogen and oxygen atoms in total. The van der Waals surface area contributed by atoms with E-state index in [9.17, 15) is 9.18 Å². The summed E-state index contributed by atoms with van der Waals surface area (Å²) in [6.45, 7) is 2.34. The number of anilines is 2. The molecule has 2 aromatic rings. The van der Waals surface area contributed by atoms with E-state index in [1.165, 1.54) is 23.4 Å². The molecule has 0 aliphatic carbocycles. The Labute approximate surface area is 140 Å². The predicted octanol–water partition coefficient (Wildman–Crippen LogP) is 3.00. The summed E-state index contributed by atoms with van der Waals surface area (Å²) in [4.78, 5) is 16.8. The maximum Gasteiger partial charge on any atom is 0.265 e. The molecule has 0 saturated heterocycles. The summed E-state index contributed by atoms with van der Waals surface area (Å²) in [5, 5.41) is 0. The zero-order valence-corrected chi connectivity index (χ0v) is 13.4. The Morgan fingerprint density at radius 3 is 2.83 bits per heavy atom. The van der Waals surface area contributed by atoms with Gasteiger partial charge in [-0.25, -0.2) is 4.39 Å². The van der Waals surface area contributed by atoms with Crippen LogP contribution in [0.5, 0.6) is 5.75 Å².